The number of aliphatic hydroxyl groups is 1. The minimum absolute atomic E-state index is 0.0106. The van der Waals surface area contributed by atoms with Crippen LogP contribution in [0, 0.1) is 11.8 Å². The van der Waals surface area contributed by atoms with Crippen molar-refractivity contribution < 1.29 is 19.8 Å². The van der Waals surface area contributed by atoms with E-state index in [1.54, 1.807) is 6.08 Å². The number of carbonyl (C=O) groups is 2. The second-order valence-electron chi connectivity index (χ2n) is 6.74. The zero-order valence-corrected chi connectivity index (χ0v) is 14.8. The highest BCUT2D eigenvalue weighted by atomic mass is 16.4. The lowest BCUT2D eigenvalue weighted by atomic mass is 9.88. The molecule has 3 atom stereocenters. The number of hydrogen-bond donors (Lipinski definition) is 2. The number of aliphatic carboxylic acids is 1. The third-order valence-corrected chi connectivity index (χ3v) is 4.63. The van der Waals surface area contributed by atoms with Gasteiger partial charge in [0.15, 0.2) is 5.78 Å². The molecule has 0 radical (unpaired) electrons. The number of hydrogen-bond acceptors (Lipinski definition) is 3. The number of ketones is 1. The standard InChI is InChI=1S/C20H32O4/c1-2-3-6-9-17(21)14-12-16-13-15-19(22)18(16)10-7-4-5-8-11-20(23)24/h12-18,21H,2-11H2,1H3,(H,23,24)/b14-12+/t16?,17-,18?/m0/s1. The molecule has 24 heavy (non-hydrogen) atoms. The molecular weight excluding hydrogens is 304 g/mol. The molecule has 136 valence electrons. The van der Waals surface area contributed by atoms with Crippen LogP contribution in [-0.4, -0.2) is 28.1 Å². The van der Waals surface area contributed by atoms with E-state index in [2.05, 4.69) is 6.92 Å². The highest BCUT2D eigenvalue weighted by Gasteiger charge is 2.27. The van der Waals surface area contributed by atoms with Gasteiger partial charge < -0.3 is 10.2 Å². The number of allylic oxidation sites excluding steroid dienone is 3. The van der Waals surface area contributed by atoms with Crippen molar-refractivity contribution in [3.8, 4) is 0 Å². The first-order valence-corrected chi connectivity index (χ1v) is 9.34. The number of carbonyl (C=O) groups excluding carboxylic acids is 1. The third-order valence-electron chi connectivity index (χ3n) is 4.63. The van der Waals surface area contributed by atoms with Gasteiger partial charge in [-0.25, -0.2) is 0 Å². The highest BCUT2D eigenvalue weighted by Crippen LogP contribution is 2.29. The Labute approximate surface area is 145 Å². The molecule has 2 unspecified atom stereocenters. The average Bonchev–Trinajstić information content (AvgIpc) is 2.89. The first-order valence-electron chi connectivity index (χ1n) is 9.34. The normalized spacial score (nSPS) is 21.7. The van der Waals surface area contributed by atoms with Crippen molar-refractivity contribution in [1.82, 2.24) is 0 Å². The van der Waals surface area contributed by atoms with Crippen molar-refractivity contribution in [2.24, 2.45) is 11.8 Å². The number of unbranched alkanes of at least 4 members (excludes halogenated alkanes) is 5. The first-order chi connectivity index (χ1) is 11.5. The number of carboxylic acids is 1. The fourth-order valence-electron chi connectivity index (χ4n) is 3.14. The van der Waals surface area contributed by atoms with Gasteiger partial charge in [0.1, 0.15) is 0 Å². The fourth-order valence-corrected chi connectivity index (χ4v) is 3.14. The van der Waals surface area contributed by atoms with Crippen LogP contribution in [0.2, 0.25) is 0 Å². The average molecular weight is 336 g/mol. The van der Waals surface area contributed by atoms with Crippen molar-refractivity contribution in [1.29, 1.82) is 0 Å². The van der Waals surface area contributed by atoms with Crippen molar-refractivity contribution in [2.45, 2.75) is 77.2 Å². The van der Waals surface area contributed by atoms with E-state index in [1.807, 2.05) is 18.2 Å². The predicted molar refractivity (Wildman–Crippen MR) is 95.8 cm³/mol. The molecule has 0 saturated carbocycles. The Kier molecular flexibility index (Phi) is 10.3. The largest absolute Gasteiger partial charge is 0.481 e. The van der Waals surface area contributed by atoms with Gasteiger partial charge >= 0.3 is 5.97 Å². The minimum atomic E-state index is -0.743. The van der Waals surface area contributed by atoms with Gasteiger partial charge in [0, 0.05) is 18.3 Å². The van der Waals surface area contributed by atoms with Gasteiger partial charge in [-0.1, -0.05) is 63.7 Å². The SMILES string of the molecule is CCCCC[C@H](O)/C=C/C1C=CC(=O)C1CCCCCCC(=O)O. The van der Waals surface area contributed by atoms with Gasteiger partial charge in [-0.15, -0.1) is 0 Å². The van der Waals surface area contributed by atoms with Crippen LogP contribution in [-0.2, 0) is 9.59 Å². The summed E-state index contributed by atoms with van der Waals surface area (Å²) in [6.07, 6.45) is 15.7. The molecule has 0 spiro atoms. The van der Waals surface area contributed by atoms with Crippen LogP contribution in [0.1, 0.15) is 71.1 Å². The highest BCUT2D eigenvalue weighted by molar-refractivity contribution is 5.94. The first kappa shape index (κ1) is 20.6. The summed E-state index contributed by atoms with van der Waals surface area (Å²) in [6.45, 7) is 2.14. The fraction of sp³-hybridized carbons (Fsp3) is 0.700. The smallest absolute Gasteiger partial charge is 0.303 e. The number of carboxylic acid groups (broad SMARTS) is 1. The molecule has 2 N–H and O–H groups in total. The van der Waals surface area contributed by atoms with Gasteiger partial charge in [-0.2, -0.15) is 0 Å². The molecule has 1 aliphatic rings. The zero-order valence-electron chi connectivity index (χ0n) is 14.8. The van der Waals surface area contributed by atoms with Crippen molar-refractivity contribution in [3.05, 3.63) is 24.3 Å². The number of rotatable bonds is 13. The van der Waals surface area contributed by atoms with Crippen molar-refractivity contribution >= 4 is 11.8 Å². The summed E-state index contributed by atoms with van der Waals surface area (Å²) in [5, 5.41) is 18.6. The third kappa shape index (κ3) is 8.44. The topological polar surface area (TPSA) is 74.6 Å². The summed E-state index contributed by atoms with van der Waals surface area (Å²) in [5.74, 6) is -0.482. The van der Waals surface area contributed by atoms with Crippen LogP contribution in [0.25, 0.3) is 0 Å². The van der Waals surface area contributed by atoms with Crippen LogP contribution in [0.4, 0.5) is 0 Å². The van der Waals surface area contributed by atoms with Crippen LogP contribution < -0.4 is 0 Å². The summed E-state index contributed by atoms with van der Waals surface area (Å²) in [6, 6.07) is 0. The summed E-state index contributed by atoms with van der Waals surface area (Å²) in [4.78, 5) is 22.4. The predicted octanol–water partition coefficient (Wildman–Crippen LogP) is 4.28. The Balaban J connectivity index is 2.29. The minimum Gasteiger partial charge on any atom is -0.481 e. The Morgan fingerprint density at radius 2 is 1.96 bits per heavy atom. The van der Waals surface area contributed by atoms with Gasteiger partial charge in [0.2, 0.25) is 0 Å². The monoisotopic (exact) mass is 336 g/mol. The second-order valence-corrected chi connectivity index (χ2v) is 6.74. The molecule has 0 heterocycles. The maximum Gasteiger partial charge on any atom is 0.303 e. The van der Waals surface area contributed by atoms with Crippen LogP contribution in [0.15, 0.2) is 24.3 Å². The van der Waals surface area contributed by atoms with Crippen LogP contribution in [0.3, 0.4) is 0 Å². The molecule has 0 bridgehead atoms. The molecule has 0 aliphatic heterocycles. The van der Waals surface area contributed by atoms with Crippen molar-refractivity contribution in [3.63, 3.8) is 0 Å². The van der Waals surface area contributed by atoms with E-state index < -0.39 is 12.1 Å². The molecular formula is C20H32O4. The maximum atomic E-state index is 12.0. The molecule has 0 aromatic rings. The number of aliphatic hydroxyl groups excluding tert-OH is 1. The van der Waals surface area contributed by atoms with E-state index in [0.29, 0.717) is 6.42 Å². The molecule has 0 saturated heterocycles. The Morgan fingerprint density at radius 3 is 2.67 bits per heavy atom. The molecule has 0 amide bonds. The van der Waals surface area contributed by atoms with E-state index in [9.17, 15) is 14.7 Å². The van der Waals surface area contributed by atoms with Crippen molar-refractivity contribution in [2.75, 3.05) is 0 Å². The van der Waals surface area contributed by atoms with Gasteiger partial charge in [0.25, 0.3) is 0 Å². The lowest BCUT2D eigenvalue weighted by Crippen LogP contribution is -2.15. The molecule has 1 aliphatic carbocycles. The van der Waals surface area contributed by atoms with E-state index in [1.165, 1.54) is 0 Å². The second kappa shape index (κ2) is 12.0. The molecule has 0 aromatic heterocycles. The molecule has 0 aromatic carbocycles. The van der Waals surface area contributed by atoms with E-state index in [4.69, 9.17) is 5.11 Å². The van der Waals surface area contributed by atoms with E-state index in [0.717, 1.165) is 51.4 Å². The maximum absolute atomic E-state index is 12.0. The van der Waals surface area contributed by atoms with Gasteiger partial charge in [-0.05, 0) is 25.3 Å². The quantitative estimate of drug-likeness (QED) is 0.389. The van der Waals surface area contributed by atoms with E-state index in [-0.39, 0.29) is 24.0 Å². The van der Waals surface area contributed by atoms with E-state index >= 15 is 0 Å². The lowest BCUT2D eigenvalue weighted by molar-refractivity contribution is -0.137. The Hall–Kier alpha value is -1.42. The molecule has 4 nitrogen and oxygen atoms in total. The summed E-state index contributed by atoms with van der Waals surface area (Å²) >= 11 is 0. The zero-order chi connectivity index (χ0) is 17.8. The molecule has 4 heteroatoms. The lowest BCUT2D eigenvalue weighted by Gasteiger charge is -2.15. The van der Waals surface area contributed by atoms with Crippen LogP contribution in [0.5, 0.6) is 0 Å². The Bertz CT molecular complexity index is 439. The van der Waals surface area contributed by atoms with Crippen LogP contribution >= 0.6 is 0 Å². The summed E-state index contributed by atoms with van der Waals surface area (Å²) in [5.41, 5.74) is 0. The van der Waals surface area contributed by atoms with Gasteiger partial charge in [0.05, 0.1) is 6.10 Å². The molecule has 0 fully saturated rings. The Morgan fingerprint density at radius 1 is 1.21 bits per heavy atom. The molecule has 1 rings (SSSR count). The summed E-state index contributed by atoms with van der Waals surface area (Å²) < 4.78 is 0. The van der Waals surface area contributed by atoms with Gasteiger partial charge in [-0.3, -0.25) is 9.59 Å². The summed E-state index contributed by atoms with van der Waals surface area (Å²) in [7, 11) is 0.